The van der Waals surface area contributed by atoms with Gasteiger partial charge >= 0.3 is 0 Å². The van der Waals surface area contributed by atoms with Crippen molar-refractivity contribution in [2.45, 2.75) is 31.8 Å². The van der Waals surface area contributed by atoms with Gasteiger partial charge in [-0.3, -0.25) is 4.68 Å². The molecule has 1 N–H and O–H groups in total. The Labute approximate surface area is 93.2 Å². The Morgan fingerprint density at radius 1 is 1.44 bits per heavy atom. The number of aliphatic hydroxyl groups excluding tert-OH is 1. The number of ether oxygens (including phenoxy) is 2. The highest BCUT2D eigenvalue weighted by atomic mass is 16.7. The zero-order valence-electron chi connectivity index (χ0n) is 9.00. The van der Waals surface area contributed by atoms with E-state index < -0.39 is 0 Å². The predicted octanol–water partition coefficient (Wildman–Crippen LogP) is -0.0765. The summed E-state index contributed by atoms with van der Waals surface area (Å²) in [7, 11) is 0. The first-order chi connectivity index (χ1) is 7.80. The van der Waals surface area contributed by atoms with Crippen LogP contribution in [0.4, 0.5) is 0 Å². The van der Waals surface area contributed by atoms with Crippen LogP contribution >= 0.6 is 0 Å². The van der Waals surface area contributed by atoms with Crippen LogP contribution in [0.3, 0.4) is 0 Å². The lowest BCUT2D eigenvalue weighted by atomic mass is 9.79. The number of aliphatic hydroxyl groups is 1. The lowest BCUT2D eigenvalue weighted by molar-refractivity contribution is -0.232. The van der Waals surface area contributed by atoms with Gasteiger partial charge < -0.3 is 14.6 Å². The standard InChI is InChI=1S/C10H15N3O3/c14-7-9-6-13(12-11-9)5-8-3-10(4-8)15-1-2-16-10/h6,8,14H,1-5,7H2. The first kappa shape index (κ1) is 10.2. The minimum Gasteiger partial charge on any atom is -0.390 e. The molecule has 1 aliphatic carbocycles. The van der Waals surface area contributed by atoms with E-state index in [1.807, 2.05) is 0 Å². The largest absolute Gasteiger partial charge is 0.390 e. The minimum atomic E-state index is -0.287. The van der Waals surface area contributed by atoms with E-state index in [1.54, 1.807) is 10.9 Å². The summed E-state index contributed by atoms with van der Waals surface area (Å²) in [6.07, 6.45) is 3.64. The fourth-order valence-electron chi connectivity index (χ4n) is 2.45. The van der Waals surface area contributed by atoms with E-state index >= 15 is 0 Å². The Balaban J connectivity index is 1.53. The Bertz CT molecular complexity index is 365. The lowest BCUT2D eigenvalue weighted by Gasteiger charge is -2.42. The molecule has 3 rings (SSSR count). The molecule has 0 amide bonds. The molecule has 1 aromatic rings. The monoisotopic (exact) mass is 225 g/mol. The molecule has 88 valence electrons. The summed E-state index contributed by atoms with van der Waals surface area (Å²) in [5.74, 6) is 0.247. The number of aromatic nitrogens is 3. The highest BCUT2D eigenvalue weighted by Gasteiger charge is 2.49. The van der Waals surface area contributed by atoms with Crippen LogP contribution in [-0.4, -0.2) is 39.1 Å². The van der Waals surface area contributed by atoms with Crippen LogP contribution in [0.2, 0.25) is 0 Å². The van der Waals surface area contributed by atoms with Gasteiger partial charge in [0.15, 0.2) is 5.79 Å². The Kier molecular flexibility index (Phi) is 2.42. The molecule has 16 heavy (non-hydrogen) atoms. The molecule has 6 nitrogen and oxygen atoms in total. The van der Waals surface area contributed by atoms with E-state index in [2.05, 4.69) is 10.3 Å². The Hall–Kier alpha value is -0.980. The Morgan fingerprint density at radius 2 is 2.19 bits per heavy atom. The van der Waals surface area contributed by atoms with Gasteiger partial charge in [0.25, 0.3) is 0 Å². The molecule has 1 aromatic heterocycles. The molecule has 0 radical (unpaired) electrons. The van der Waals surface area contributed by atoms with E-state index in [9.17, 15) is 0 Å². The van der Waals surface area contributed by atoms with Crippen molar-refractivity contribution in [2.75, 3.05) is 13.2 Å². The number of nitrogens with zero attached hydrogens (tertiary/aromatic N) is 3. The predicted molar refractivity (Wildman–Crippen MR) is 53.3 cm³/mol. The summed E-state index contributed by atoms with van der Waals surface area (Å²) in [6, 6.07) is 0. The minimum absolute atomic E-state index is 0.0547. The Morgan fingerprint density at radius 3 is 2.81 bits per heavy atom. The van der Waals surface area contributed by atoms with Crippen molar-refractivity contribution >= 4 is 0 Å². The zero-order valence-corrected chi connectivity index (χ0v) is 9.00. The fraction of sp³-hybridized carbons (Fsp3) is 0.800. The number of hydrogen-bond acceptors (Lipinski definition) is 5. The van der Waals surface area contributed by atoms with Crippen LogP contribution in [0.15, 0.2) is 6.20 Å². The highest BCUT2D eigenvalue weighted by molar-refractivity contribution is 4.93. The van der Waals surface area contributed by atoms with E-state index in [1.165, 1.54) is 0 Å². The molecular formula is C10H15N3O3. The van der Waals surface area contributed by atoms with Crippen molar-refractivity contribution < 1.29 is 14.6 Å². The first-order valence-corrected chi connectivity index (χ1v) is 5.57. The SMILES string of the molecule is OCc1cn(CC2CC3(C2)OCCO3)nn1. The van der Waals surface area contributed by atoms with Gasteiger partial charge in [0.2, 0.25) is 0 Å². The van der Waals surface area contributed by atoms with E-state index in [4.69, 9.17) is 14.6 Å². The second-order valence-electron chi connectivity index (χ2n) is 4.47. The third-order valence-corrected chi connectivity index (χ3v) is 3.21. The van der Waals surface area contributed by atoms with E-state index in [0.29, 0.717) is 24.8 Å². The third-order valence-electron chi connectivity index (χ3n) is 3.21. The summed E-state index contributed by atoms with van der Waals surface area (Å²) in [4.78, 5) is 0. The summed E-state index contributed by atoms with van der Waals surface area (Å²) in [5.41, 5.74) is 0.613. The van der Waals surface area contributed by atoms with E-state index in [-0.39, 0.29) is 12.4 Å². The van der Waals surface area contributed by atoms with Crippen molar-refractivity contribution in [3.8, 4) is 0 Å². The molecule has 1 spiro atoms. The normalized spacial score (nSPS) is 23.8. The summed E-state index contributed by atoms with van der Waals surface area (Å²) in [6.45, 7) is 2.19. The molecule has 0 atom stereocenters. The third kappa shape index (κ3) is 1.73. The maximum Gasteiger partial charge on any atom is 0.169 e. The zero-order chi connectivity index (χ0) is 11.0. The van der Waals surface area contributed by atoms with Gasteiger partial charge in [0, 0.05) is 19.4 Å². The van der Waals surface area contributed by atoms with Gasteiger partial charge in [-0.2, -0.15) is 0 Å². The van der Waals surface area contributed by atoms with Gasteiger partial charge in [0.05, 0.1) is 26.0 Å². The van der Waals surface area contributed by atoms with Crippen molar-refractivity contribution in [1.29, 1.82) is 0 Å². The van der Waals surface area contributed by atoms with Crippen LogP contribution in [0.5, 0.6) is 0 Å². The smallest absolute Gasteiger partial charge is 0.169 e. The second-order valence-corrected chi connectivity index (χ2v) is 4.47. The molecule has 2 heterocycles. The first-order valence-electron chi connectivity index (χ1n) is 5.57. The molecule has 0 unspecified atom stereocenters. The molecule has 1 aliphatic heterocycles. The number of rotatable bonds is 3. The maximum atomic E-state index is 8.87. The van der Waals surface area contributed by atoms with Gasteiger partial charge in [-0.15, -0.1) is 5.10 Å². The van der Waals surface area contributed by atoms with Crippen LogP contribution in [-0.2, 0) is 22.6 Å². The van der Waals surface area contributed by atoms with E-state index in [0.717, 1.165) is 19.4 Å². The molecule has 1 saturated heterocycles. The molecule has 1 saturated carbocycles. The van der Waals surface area contributed by atoms with Gasteiger partial charge in [-0.1, -0.05) is 5.21 Å². The summed E-state index contributed by atoms with van der Waals surface area (Å²) in [5, 5.41) is 16.7. The fourth-order valence-corrected chi connectivity index (χ4v) is 2.45. The maximum absolute atomic E-state index is 8.87. The van der Waals surface area contributed by atoms with Crippen molar-refractivity contribution in [3.05, 3.63) is 11.9 Å². The van der Waals surface area contributed by atoms with Gasteiger partial charge in [0.1, 0.15) is 5.69 Å². The van der Waals surface area contributed by atoms with Crippen LogP contribution in [0, 0.1) is 5.92 Å². The topological polar surface area (TPSA) is 69.4 Å². The van der Waals surface area contributed by atoms with Crippen LogP contribution in [0.1, 0.15) is 18.5 Å². The van der Waals surface area contributed by atoms with Gasteiger partial charge in [-0.05, 0) is 5.92 Å². The average molecular weight is 225 g/mol. The highest BCUT2D eigenvalue weighted by Crippen LogP contribution is 2.44. The summed E-state index contributed by atoms with van der Waals surface area (Å²) >= 11 is 0. The lowest BCUT2D eigenvalue weighted by Crippen LogP contribution is -2.46. The van der Waals surface area contributed by atoms with Crippen molar-refractivity contribution in [3.63, 3.8) is 0 Å². The van der Waals surface area contributed by atoms with Crippen LogP contribution < -0.4 is 0 Å². The second kappa shape index (κ2) is 3.80. The van der Waals surface area contributed by atoms with Crippen molar-refractivity contribution in [2.24, 2.45) is 5.92 Å². The molecule has 2 aliphatic rings. The molecule has 2 fully saturated rings. The quantitative estimate of drug-likeness (QED) is 0.779. The summed E-state index contributed by atoms with van der Waals surface area (Å²) < 4.78 is 12.9. The van der Waals surface area contributed by atoms with Gasteiger partial charge in [-0.25, -0.2) is 0 Å². The molecule has 6 heteroatoms. The van der Waals surface area contributed by atoms with Crippen LogP contribution in [0.25, 0.3) is 0 Å². The van der Waals surface area contributed by atoms with Crippen molar-refractivity contribution in [1.82, 2.24) is 15.0 Å². The molecular weight excluding hydrogens is 210 g/mol. The molecule has 0 bridgehead atoms. The molecule has 0 aromatic carbocycles. The average Bonchev–Trinajstić information content (AvgIpc) is 2.85. The number of hydrogen-bond donors (Lipinski definition) is 1.